The summed E-state index contributed by atoms with van der Waals surface area (Å²) in [5, 5.41) is 8.52. The molecule has 0 saturated carbocycles. The van der Waals surface area contributed by atoms with E-state index in [1.165, 1.54) is 11.1 Å². The molecule has 1 N–H and O–H groups in total. The van der Waals surface area contributed by atoms with Gasteiger partial charge in [-0.05, 0) is 46.5 Å². The molecule has 2 aromatic rings. The number of hydrogen-bond acceptors (Lipinski definition) is 2. The second kappa shape index (κ2) is 5.48. The summed E-state index contributed by atoms with van der Waals surface area (Å²) in [6.45, 7) is 3.84. The molecule has 1 heterocycles. The van der Waals surface area contributed by atoms with E-state index in [0.717, 1.165) is 23.7 Å². The third kappa shape index (κ3) is 3.08. The van der Waals surface area contributed by atoms with Crippen molar-refractivity contribution < 1.29 is 0 Å². The quantitative estimate of drug-likeness (QED) is 0.866. The Labute approximate surface area is 105 Å². The minimum atomic E-state index is 0.835. The van der Waals surface area contributed by atoms with Crippen molar-refractivity contribution in [1.29, 1.82) is 0 Å². The molecular weight excluding hydrogens is 238 g/mol. The molecule has 16 heavy (non-hydrogen) atoms. The number of thiophene rings is 1. The SMILES string of the molecule is Cc1cc(CNCc2ccsc2)ccc1Cl. The van der Waals surface area contributed by atoms with Crippen LogP contribution >= 0.6 is 22.9 Å². The lowest BCUT2D eigenvalue weighted by Crippen LogP contribution is -2.12. The van der Waals surface area contributed by atoms with Gasteiger partial charge in [0.05, 0.1) is 0 Å². The number of halogens is 1. The molecule has 3 heteroatoms. The summed E-state index contributed by atoms with van der Waals surface area (Å²) in [4.78, 5) is 0. The molecule has 0 spiro atoms. The molecule has 1 nitrogen and oxygen atoms in total. The first kappa shape index (κ1) is 11.6. The van der Waals surface area contributed by atoms with Crippen LogP contribution in [0, 0.1) is 6.92 Å². The molecule has 0 aliphatic heterocycles. The van der Waals surface area contributed by atoms with Gasteiger partial charge in [-0.1, -0.05) is 23.7 Å². The van der Waals surface area contributed by atoms with Crippen LogP contribution in [-0.4, -0.2) is 0 Å². The third-order valence-corrected chi connectivity index (χ3v) is 3.62. The normalized spacial score (nSPS) is 10.6. The number of nitrogens with one attached hydrogen (secondary N) is 1. The molecule has 0 aliphatic rings. The minimum absolute atomic E-state index is 0.835. The van der Waals surface area contributed by atoms with Crippen molar-refractivity contribution in [2.24, 2.45) is 0 Å². The van der Waals surface area contributed by atoms with Crippen LogP contribution in [-0.2, 0) is 13.1 Å². The fraction of sp³-hybridized carbons (Fsp3) is 0.231. The van der Waals surface area contributed by atoms with Crippen molar-refractivity contribution in [1.82, 2.24) is 5.32 Å². The van der Waals surface area contributed by atoms with Crippen LogP contribution in [0.15, 0.2) is 35.0 Å². The molecule has 0 atom stereocenters. The molecule has 0 aliphatic carbocycles. The fourth-order valence-corrected chi connectivity index (χ4v) is 2.35. The number of hydrogen-bond donors (Lipinski definition) is 1. The lowest BCUT2D eigenvalue weighted by atomic mass is 10.1. The molecule has 84 valence electrons. The van der Waals surface area contributed by atoms with Crippen LogP contribution in [0.3, 0.4) is 0 Å². The number of benzene rings is 1. The van der Waals surface area contributed by atoms with Crippen LogP contribution in [0.4, 0.5) is 0 Å². The lowest BCUT2D eigenvalue weighted by molar-refractivity contribution is 0.694. The van der Waals surface area contributed by atoms with Crippen LogP contribution in [0.2, 0.25) is 5.02 Å². The van der Waals surface area contributed by atoms with E-state index < -0.39 is 0 Å². The lowest BCUT2D eigenvalue weighted by Gasteiger charge is -2.05. The standard InChI is InChI=1S/C13H14ClNS/c1-10-6-11(2-3-13(10)14)7-15-8-12-4-5-16-9-12/h2-6,9,15H,7-8H2,1H3. The average Bonchev–Trinajstić information content (AvgIpc) is 2.76. The van der Waals surface area contributed by atoms with Gasteiger partial charge in [-0.15, -0.1) is 0 Å². The first-order valence-corrected chi connectivity index (χ1v) is 6.54. The Kier molecular flexibility index (Phi) is 3.99. The highest BCUT2D eigenvalue weighted by molar-refractivity contribution is 7.07. The molecule has 0 fully saturated rings. The molecular formula is C13H14ClNS. The molecule has 0 bridgehead atoms. The van der Waals surface area contributed by atoms with Crippen molar-refractivity contribution in [3.8, 4) is 0 Å². The van der Waals surface area contributed by atoms with Crippen LogP contribution in [0.5, 0.6) is 0 Å². The van der Waals surface area contributed by atoms with Gasteiger partial charge in [-0.25, -0.2) is 0 Å². The van der Waals surface area contributed by atoms with E-state index in [1.54, 1.807) is 11.3 Å². The second-order valence-corrected chi connectivity index (χ2v) is 5.01. The monoisotopic (exact) mass is 251 g/mol. The summed E-state index contributed by atoms with van der Waals surface area (Å²) < 4.78 is 0. The summed E-state index contributed by atoms with van der Waals surface area (Å²) in [6.07, 6.45) is 0. The zero-order chi connectivity index (χ0) is 11.4. The van der Waals surface area contributed by atoms with E-state index in [4.69, 9.17) is 11.6 Å². The van der Waals surface area contributed by atoms with Crippen molar-refractivity contribution in [2.75, 3.05) is 0 Å². The number of aryl methyl sites for hydroxylation is 1. The van der Waals surface area contributed by atoms with Gasteiger partial charge in [0.1, 0.15) is 0 Å². The Morgan fingerprint density at radius 1 is 1.19 bits per heavy atom. The van der Waals surface area contributed by atoms with E-state index in [-0.39, 0.29) is 0 Å². The summed E-state index contributed by atoms with van der Waals surface area (Å²) in [5.74, 6) is 0. The van der Waals surface area contributed by atoms with Gasteiger partial charge in [-0.2, -0.15) is 11.3 Å². The summed E-state index contributed by atoms with van der Waals surface area (Å²) in [7, 11) is 0. The summed E-state index contributed by atoms with van der Waals surface area (Å²) >= 11 is 7.71. The molecule has 1 aromatic heterocycles. The smallest absolute Gasteiger partial charge is 0.0435 e. The molecule has 0 unspecified atom stereocenters. The Morgan fingerprint density at radius 3 is 2.69 bits per heavy atom. The Balaban J connectivity index is 1.87. The van der Waals surface area contributed by atoms with Crippen LogP contribution < -0.4 is 5.32 Å². The Hall–Kier alpha value is -0.830. The van der Waals surface area contributed by atoms with Crippen molar-refractivity contribution in [3.05, 3.63) is 56.7 Å². The first-order valence-electron chi connectivity index (χ1n) is 5.22. The van der Waals surface area contributed by atoms with Gasteiger partial charge in [0.2, 0.25) is 0 Å². The predicted octanol–water partition coefficient (Wildman–Crippen LogP) is 4.00. The van der Waals surface area contributed by atoms with E-state index in [1.807, 2.05) is 13.0 Å². The van der Waals surface area contributed by atoms with Gasteiger partial charge < -0.3 is 5.32 Å². The van der Waals surface area contributed by atoms with Crippen LogP contribution in [0.1, 0.15) is 16.7 Å². The maximum atomic E-state index is 5.98. The van der Waals surface area contributed by atoms with E-state index >= 15 is 0 Å². The van der Waals surface area contributed by atoms with Crippen molar-refractivity contribution in [3.63, 3.8) is 0 Å². The molecule has 0 radical (unpaired) electrons. The van der Waals surface area contributed by atoms with Crippen molar-refractivity contribution >= 4 is 22.9 Å². The molecule has 0 saturated heterocycles. The zero-order valence-corrected chi connectivity index (χ0v) is 10.7. The van der Waals surface area contributed by atoms with Crippen LogP contribution in [0.25, 0.3) is 0 Å². The van der Waals surface area contributed by atoms with E-state index in [9.17, 15) is 0 Å². The summed E-state index contributed by atoms with van der Waals surface area (Å²) in [6, 6.07) is 8.29. The fourth-order valence-electron chi connectivity index (χ4n) is 1.56. The van der Waals surface area contributed by atoms with Gasteiger partial charge in [0.15, 0.2) is 0 Å². The first-order chi connectivity index (χ1) is 7.75. The van der Waals surface area contributed by atoms with Gasteiger partial charge in [0, 0.05) is 18.1 Å². The van der Waals surface area contributed by atoms with Gasteiger partial charge in [-0.3, -0.25) is 0 Å². The summed E-state index contributed by atoms with van der Waals surface area (Å²) in [5.41, 5.74) is 3.75. The maximum Gasteiger partial charge on any atom is 0.0435 e. The topological polar surface area (TPSA) is 12.0 Å². The maximum absolute atomic E-state index is 5.98. The predicted molar refractivity (Wildman–Crippen MR) is 71.1 cm³/mol. The average molecular weight is 252 g/mol. The molecule has 1 aromatic carbocycles. The van der Waals surface area contributed by atoms with E-state index in [2.05, 4.69) is 34.3 Å². The Bertz CT molecular complexity index is 451. The zero-order valence-electron chi connectivity index (χ0n) is 9.16. The highest BCUT2D eigenvalue weighted by atomic mass is 35.5. The molecule has 0 amide bonds. The molecule has 2 rings (SSSR count). The Morgan fingerprint density at radius 2 is 2.00 bits per heavy atom. The number of rotatable bonds is 4. The highest BCUT2D eigenvalue weighted by Crippen LogP contribution is 2.16. The van der Waals surface area contributed by atoms with Gasteiger partial charge in [0.25, 0.3) is 0 Å². The highest BCUT2D eigenvalue weighted by Gasteiger charge is 1.98. The largest absolute Gasteiger partial charge is 0.309 e. The second-order valence-electron chi connectivity index (χ2n) is 3.82. The third-order valence-electron chi connectivity index (χ3n) is 2.46. The minimum Gasteiger partial charge on any atom is -0.309 e. The van der Waals surface area contributed by atoms with Crippen molar-refractivity contribution in [2.45, 2.75) is 20.0 Å². The van der Waals surface area contributed by atoms with E-state index in [0.29, 0.717) is 0 Å². The van der Waals surface area contributed by atoms with Gasteiger partial charge >= 0.3 is 0 Å².